The average molecular weight is 419 g/mol. The quantitative estimate of drug-likeness (QED) is 0.598. The van der Waals surface area contributed by atoms with Gasteiger partial charge in [-0.15, -0.1) is 0 Å². The van der Waals surface area contributed by atoms with E-state index < -0.39 is 23.3 Å². The molecule has 1 aliphatic heterocycles. The van der Waals surface area contributed by atoms with Gasteiger partial charge in [-0.3, -0.25) is 0 Å². The number of halogens is 3. The van der Waals surface area contributed by atoms with Crippen LogP contribution in [0, 0.1) is 16.5 Å². The van der Waals surface area contributed by atoms with Crippen LogP contribution >= 0.6 is 0 Å². The molecule has 0 bridgehead atoms. The summed E-state index contributed by atoms with van der Waals surface area (Å²) in [5.74, 6) is 0. The van der Waals surface area contributed by atoms with Crippen LogP contribution < -0.4 is 14.9 Å². The number of hydrogen-bond acceptors (Lipinski definition) is 4. The van der Waals surface area contributed by atoms with Gasteiger partial charge < -0.3 is 20.3 Å². The van der Waals surface area contributed by atoms with Crippen LogP contribution in [0.1, 0.15) is 25.0 Å². The molecule has 0 spiro atoms. The Balaban J connectivity index is 1.78. The van der Waals surface area contributed by atoms with Crippen molar-refractivity contribution in [3.8, 4) is 6.07 Å². The minimum Gasteiger partial charge on any atom is -0.619 e. The van der Waals surface area contributed by atoms with Gasteiger partial charge in [0.15, 0.2) is 6.20 Å². The zero-order valence-electron chi connectivity index (χ0n) is 16.3. The summed E-state index contributed by atoms with van der Waals surface area (Å²) in [6.45, 7) is 4.20. The SMILES string of the molecule is C[C@@H]1CN(c2ccc(C#N)c(C(F)(F)F)c2)[C@@H](C)CN1C(=O)Nc1ccc[n+]([O-])c1. The van der Waals surface area contributed by atoms with Crippen LogP contribution in [0.2, 0.25) is 0 Å². The molecule has 2 heterocycles. The number of alkyl halides is 3. The molecule has 1 aromatic carbocycles. The molecule has 0 saturated carbocycles. The summed E-state index contributed by atoms with van der Waals surface area (Å²) in [5, 5.41) is 23.0. The number of benzene rings is 1. The lowest BCUT2D eigenvalue weighted by atomic mass is 10.0. The van der Waals surface area contributed by atoms with E-state index >= 15 is 0 Å². The van der Waals surface area contributed by atoms with Crippen LogP contribution in [0.25, 0.3) is 0 Å². The summed E-state index contributed by atoms with van der Waals surface area (Å²) in [4.78, 5) is 16.0. The Kier molecular flexibility index (Phi) is 5.73. The number of nitrogens with zero attached hydrogens (tertiary/aromatic N) is 4. The number of nitriles is 1. The number of piperazine rings is 1. The number of nitrogens with one attached hydrogen (secondary N) is 1. The van der Waals surface area contributed by atoms with Gasteiger partial charge in [0.2, 0.25) is 6.20 Å². The van der Waals surface area contributed by atoms with Gasteiger partial charge >= 0.3 is 12.2 Å². The maximum Gasteiger partial charge on any atom is 0.417 e. The first-order valence-electron chi connectivity index (χ1n) is 9.24. The van der Waals surface area contributed by atoms with E-state index in [1.807, 2.05) is 6.92 Å². The molecule has 158 valence electrons. The number of hydrogen-bond donors (Lipinski definition) is 1. The second kappa shape index (κ2) is 8.10. The Morgan fingerprint density at radius 1 is 1.27 bits per heavy atom. The number of rotatable bonds is 2. The zero-order valence-corrected chi connectivity index (χ0v) is 16.3. The summed E-state index contributed by atoms with van der Waals surface area (Å²) < 4.78 is 40.5. The number of aromatic nitrogens is 1. The Morgan fingerprint density at radius 2 is 2.00 bits per heavy atom. The van der Waals surface area contributed by atoms with Crippen molar-refractivity contribution in [2.45, 2.75) is 32.1 Å². The smallest absolute Gasteiger partial charge is 0.417 e. The highest BCUT2D eigenvalue weighted by Crippen LogP contribution is 2.35. The molecule has 0 aliphatic carbocycles. The molecular formula is C20H20F3N5O2. The molecule has 3 rings (SSSR count). The summed E-state index contributed by atoms with van der Waals surface area (Å²) in [6.07, 6.45) is -2.10. The Hall–Kier alpha value is -3.48. The van der Waals surface area contributed by atoms with E-state index in [1.54, 1.807) is 28.9 Å². The molecule has 1 aliphatic rings. The van der Waals surface area contributed by atoms with Crippen molar-refractivity contribution in [2.24, 2.45) is 0 Å². The molecule has 2 atom stereocenters. The average Bonchev–Trinajstić information content (AvgIpc) is 2.68. The second-order valence-corrected chi connectivity index (χ2v) is 7.22. The molecule has 1 N–H and O–H groups in total. The lowest BCUT2D eigenvalue weighted by Gasteiger charge is -2.45. The first-order chi connectivity index (χ1) is 14.1. The van der Waals surface area contributed by atoms with Crippen LogP contribution in [-0.4, -0.2) is 36.1 Å². The summed E-state index contributed by atoms with van der Waals surface area (Å²) >= 11 is 0. The topological polar surface area (TPSA) is 86.3 Å². The van der Waals surface area contributed by atoms with Crippen molar-refractivity contribution in [1.82, 2.24) is 4.90 Å². The lowest BCUT2D eigenvalue weighted by Crippen LogP contribution is -2.59. The first-order valence-corrected chi connectivity index (χ1v) is 9.24. The highest BCUT2D eigenvalue weighted by atomic mass is 19.4. The van der Waals surface area contributed by atoms with E-state index in [9.17, 15) is 23.2 Å². The first kappa shape index (κ1) is 21.2. The molecule has 30 heavy (non-hydrogen) atoms. The van der Waals surface area contributed by atoms with Crippen LogP contribution in [-0.2, 0) is 6.18 Å². The van der Waals surface area contributed by atoms with Crippen LogP contribution in [0.15, 0.2) is 42.7 Å². The van der Waals surface area contributed by atoms with Gasteiger partial charge in [0, 0.05) is 36.9 Å². The molecule has 10 heteroatoms. The molecule has 0 unspecified atom stereocenters. The highest BCUT2D eigenvalue weighted by molar-refractivity contribution is 5.89. The van der Waals surface area contributed by atoms with Gasteiger partial charge in [-0.05, 0) is 38.1 Å². The van der Waals surface area contributed by atoms with Crippen molar-refractivity contribution in [1.29, 1.82) is 5.26 Å². The fourth-order valence-corrected chi connectivity index (χ4v) is 3.54. The van der Waals surface area contributed by atoms with Crippen LogP contribution in [0.3, 0.4) is 0 Å². The largest absolute Gasteiger partial charge is 0.619 e. The van der Waals surface area contributed by atoms with E-state index in [1.165, 1.54) is 30.6 Å². The van der Waals surface area contributed by atoms with Gasteiger partial charge in [-0.25, -0.2) is 4.79 Å². The maximum atomic E-state index is 13.3. The summed E-state index contributed by atoms with van der Waals surface area (Å²) in [6, 6.07) is 7.36. The molecule has 1 aromatic heterocycles. The van der Waals surface area contributed by atoms with E-state index in [2.05, 4.69) is 5.32 Å². The van der Waals surface area contributed by atoms with Crippen molar-refractivity contribution in [2.75, 3.05) is 23.3 Å². The Labute approximate surface area is 171 Å². The predicted octanol–water partition coefficient (Wildman–Crippen LogP) is 3.34. The molecule has 2 aromatic rings. The third-order valence-electron chi connectivity index (χ3n) is 5.03. The minimum atomic E-state index is -4.63. The van der Waals surface area contributed by atoms with E-state index in [0.29, 0.717) is 22.6 Å². The van der Waals surface area contributed by atoms with Gasteiger partial charge in [0.1, 0.15) is 5.69 Å². The number of carbonyl (C=O) groups excluding carboxylic acids is 1. The Bertz CT molecular complexity index is 989. The standard InChI is InChI=1S/C20H20F3N5O2/c1-13-11-28(19(29)25-16-4-3-7-26(30)12-16)14(2)10-27(13)17-6-5-15(9-24)18(8-17)20(21,22)23/h3-8,12-14H,10-11H2,1-2H3,(H,25,29)/t13-,14+/m0/s1. The number of urea groups is 1. The van der Waals surface area contributed by atoms with Crippen molar-refractivity contribution in [3.63, 3.8) is 0 Å². The van der Waals surface area contributed by atoms with Gasteiger partial charge in [0.25, 0.3) is 0 Å². The monoisotopic (exact) mass is 419 g/mol. The third kappa shape index (κ3) is 4.40. The molecule has 1 fully saturated rings. The lowest BCUT2D eigenvalue weighted by molar-refractivity contribution is -0.604. The number of amides is 2. The molecule has 2 amide bonds. The van der Waals surface area contributed by atoms with E-state index in [-0.39, 0.29) is 18.6 Å². The van der Waals surface area contributed by atoms with E-state index in [0.717, 1.165) is 6.07 Å². The van der Waals surface area contributed by atoms with Crippen molar-refractivity contribution < 1.29 is 22.7 Å². The number of carbonyl (C=O) groups is 1. The fourth-order valence-electron chi connectivity index (χ4n) is 3.54. The molecule has 7 nitrogen and oxygen atoms in total. The second-order valence-electron chi connectivity index (χ2n) is 7.22. The van der Waals surface area contributed by atoms with Crippen LogP contribution in [0.5, 0.6) is 0 Å². The van der Waals surface area contributed by atoms with Gasteiger partial charge in [-0.2, -0.15) is 23.2 Å². The summed E-state index contributed by atoms with van der Waals surface area (Å²) in [7, 11) is 0. The Morgan fingerprint density at radius 3 is 2.63 bits per heavy atom. The molecule has 0 radical (unpaired) electrons. The fraction of sp³-hybridized carbons (Fsp3) is 0.350. The van der Waals surface area contributed by atoms with Gasteiger partial charge in [0.05, 0.1) is 17.2 Å². The summed E-state index contributed by atoms with van der Waals surface area (Å²) in [5.41, 5.74) is -0.709. The van der Waals surface area contributed by atoms with E-state index in [4.69, 9.17) is 5.26 Å². The van der Waals surface area contributed by atoms with Crippen LogP contribution in [0.4, 0.5) is 29.3 Å². The number of pyridine rings is 1. The predicted molar refractivity (Wildman–Crippen MR) is 104 cm³/mol. The van der Waals surface area contributed by atoms with Crippen molar-refractivity contribution in [3.05, 3.63) is 59.1 Å². The highest BCUT2D eigenvalue weighted by Gasteiger charge is 2.36. The third-order valence-corrected chi connectivity index (χ3v) is 5.03. The minimum absolute atomic E-state index is 0.263. The zero-order chi connectivity index (χ0) is 22.1. The molecular weight excluding hydrogens is 399 g/mol. The van der Waals surface area contributed by atoms with Crippen molar-refractivity contribution >= 4 is 17.4 Å². The normalized spacial score (nSPS) is 19.3. The molecule has 1 saturated heterocycles. The number of anilines is 2. The maximum absolute atomic E-state index is 13.3. The van der Waals surface area contributed by atoms with Gasteiger partial charge in [-0.1, -0.05) is 0 Å².